The van der Waals surface area contributed by atoms with Gasteiger partial charge in [0.1, 0.15) is 18.7 Å². The summed E-state index contributed by atoms with van der Waals surface area (Å²) in [6.45, 7) is 2.80. The average molecular weight is 376 g/mol. The smallest absolute Gasteiger partial charge is 0.329 e. The van der Waals surface area contributed by atoms with Crippen molar-refractivity contribution in [3.63, 3.8) is 0 Å². The minimum Gasteiger partial charge on any atom is -0.350 e. The molecule has 0 bridgehead atoms. The number of benzene rings is 1. The molecule has 28 heavy (non-hydrogen) atoms. The highest BCUT2D eigenvalue weighted by atomic mass is 16.2. The number of rotatable bonds is 6. The zero-order valence-electron chi connectivity index (χ0n) is 15.4. The fourth-order valence-electron chi connectivity index (χ4n) is 3.20. The quantitative estimate of drug-likeness (QED) is 0.555. The largest absolute Gasteiger partial charge is 0.350 e. The molecular weight excluding hydrogens is 356 g/mol. The van der Waals surface area contributed by atoms with Gasteiger partial charge in [-0.3, -0.25) is 18.5 Å². The van der Waals surface area contributed by atoms with Crippen molar-refractivity contribution < 1.29 is 4.79 Å². The number of carbonyl (C=O) groups excluding carboxylic acids is 1. The number of pyridine rings is 1. The molecule has 0 aliphatic rings. The second-order valence-corrected chi connectivity index (χ2v) is 6.37. The third kappa shape index (κ3) is 3.32. The van der Waals surface area contributed by atoms with Gasteiger partial charge in [0.05, 0.1) is 11.0 Å². The predicted octanol–water partition coefficient (Wildman–Crippen LogP) is 1.72. The number of para-hydroxylation sites is 2. The van der Waals surface area contributed by atoms with Gasteiger partial charge >= 0.3 is 5.69 Å². The van der Waals surface area contributed by atoms with Crippen LogP contribution in [0.2, 0.25) is 0 Å². The number of aromatic nitrogens is 5. The van der Waals surface area contributed by atoms with E-state index in [4.69, 9.17) is 0 Å². The van der Waals surface area contributed by atoms with Gasteiger partial charge in [-0.05, 0) is 30.7 Å². The van der Waals surface area contributed by atoms with Crippen LogP contribution in [0, 0.1) is 0 Å². The van der Waals surface area contributed by atoms with E-state index in [1.165, 1.54) is 4.57 Å². The number of fused-ring (bicyclic) bond motifs is 1. The van der Waals surface area contributed by atoms with Crippen LogP contribution in [0.1, 0.15) is 12.5 Å². The molecule has 4 aromatic rings. The van der Waals surface area contributed by atoms with E-state index >= 15 is 0 Å². The Hall–Kier alpha value is -3.68. The van der Waals surface area contributed by atoms with Gasteiger partial charge < -0.3 is 5.32 Å². The van der Waals surface area contributed by atoms with Crippen molar-refractivity contribution in [2.75, 3.05) is 0 Å². The van der Waals surface area contributed by atoms with E-state index in [-0.39, 0.29) is 18.1 Å². The van der Waals surface area contributed by atoms with E-state index in [0.717, 1.165) is 22.4 Å². The second-order valence-electron chi connectivity index (χ2n) is 6.37. The van der Waals surface area contributed by atoms with E-state index in [0.29, 0.717) is 13.1 Å². The normalized spacial score (nSPS) is 11.0. The van der Waals surface area contributed by atoms with Crippen molar-refractivity contribution in [2.45, 2.75) is 26.6 Å². The molecular formula is C20H20N6O2. The van der Waals surface area contributed by atoms with Gasteiger partial charge in [0.15, 0.2) is 0 Å². The van der Waals surface area contributed by atoms with Gasteiger partial charge in [0.2, 0.25) is 5.91 Å². The number of amides is 1. The lowest BCUT2D eigenvalue weighted by molar-refractivity contribution is -0.121. The highest BCUT2D eigenvalue weighted by Crippen LogP contribution is 2.12. The summed E-state index contributed by atoms with van der Waals surface area (Å²) in [6.07, 6.45) is 6.89. The molecule has 142 valence electrons. The molecule has 0 radical (unpaired) electrons. The summed E-state index contributed by atoms with van der Waals surface area (Å²) in [6, 6.07) is 11.3. The Kier molecular flexibility index (Phi) is 4.76. The summed E-state index contributed by atoms with van der Waals surface area (Å²) in [5, 5.41) is 2.85. The van der Waals surface area contributed by atoms with Crippen LogP contribution in [0.4, 0.5) is 0 Å². The van der Waals surface area contributed by atoms with Crippen molar-refractivity contribution in [3.8, 4) is 5.82 Å². The molecule has 3 heterocycles. The molecule has 0 atom stereocenters. The minimum atomic E-state index is -0.222. The highest BCUT2D eigenvalue weighted by Gasteiger charge is 2.14. The van der Waals surface area contributed by atoms with Crippen molar-refractivity contribution in [2.24, 2.45) is 0 Å². The van der Waals surface area contributed by atoms with Crippen LogP contribution in [0.5, 0.6) is 0 Å². The molecule has 1 aromatic carbocycles. The predicted molar refractivity (Wildman–Crippen MR) is 105 cm³/mol. The third-order valence-electron chi connectivity index (χ3n) is 4.61. The van der Waals surface area contributed by atoms with Crippen molar-refractivity contribution in [1.29, 1.82) is 0 Å². The lowest BCUT2D eigenvalue weighted by atomic mass is 10.3. The summed E-state index contributed by atoms with van der Waals surface area (Å²) in [4.78, 5) is 33.4. The van der Waals surface area contributed by atoms with Gasteiger partial charge in [-0.2, -0.15) is 0 Å². The van der Waals surface area contributed by atoms with Gasteiger partial charge in [0.25, 0.3) is 0 Å². The first-order valence-electron chi connectivity index (χ1n) is 9.05. The van der Waals surface area contributed by atoms with E-state index in [1.807, 2.05) is 49.5 Å². The first-order chi connectivity index (χ1) is 13.7. The SMILES string of the molecule is CCn1c(=O)n(CC(=O)NCc2ccc(-n3ccnc3)nc2)c2ccccc21. The number of nitrogens with zero attached hydrogens (tertiary/aromatic N) is 5. The Bertz CT molecular complexity index is 1160. The second kappa shape index (κ2) is 7.51. The number of hydrogen-bond acceptors (Lipinski definition) is 4. The molecule has 8 heteroatoms. The van der Waals surface area contributed by atoms with Crippen LogP contribution in [0.15, 0.2) is 66.1 Å². The van der Waals surface area contributed by atoms with Crippen LogP contribution >= 0.6 is 0 Å². The maximum Gasteiger partial charge on any atom is 0.329 e. The maximum atomic E-state index is 12.6. The summed E-state index contributed by atoms with van der Waals surface area (Å²) in [5.74, 6) is 0.534. The maximum absolute atomic E-state index is 12.6. The summed E-state index contributed by atoms with van der Waals surface area (Å²) < 4.78 is 4.98. The summed E-state index contributed by atoms with van der Waals surface area (Å²) >= 11 is 0. The lowest BCUT2D eigenvalue weighted by Gasteiger charge is -2.07. The molecule has 0 aliphatic heterocycles. The standard InChI is InChI=1S/C20H20N6O2/c1-2-25-16-5-3-4-6-17(16)26(20(25)28)13-19(27)23-12-15-7-8-18(22-11-15)24-10-9-21-14-24/h3-11,14H,2,12-13H2,1H3,(H,23,27). The molecule has 0 spiro atoms. The molecule has 8 nitrogen and oxygen atoms in total. The number of nitrogens with one attached hydrogen (secondary N) is 1. The molecule has 3 aromatic heterocycles. The molecule has 0 fully saturated rings. The molecule has 0 saturated heterocycles. The zero-order valence-corrected chi connectivity index (χ0v) is 15.4. The van der Waals surface area contributed by atoms with E-state index in [1.54, 1.807) is 27.9 Å². The fourth-order valence-corrected chi connectivity index (χ4v) is 3.20. The monoisotopic (exact) mass is 376 g/mol. The van der Waals surface area contributed by atoms with Gasteiger partial charge in [-0.1, -0.05) is 18.2 Å². The Morgan fingerprint density at radius 1 is 1.11 bits per heavy atom. The van der Waals surface area contributed by atoms with Gasteiger partial charge in [-0.15, -0.1) is 0 Å². The highest BCUT2D eigenvalue weighted by molar-refractivity contribution is 5.80. The van der Waals surface area contributed by atoms with E-state index in [2.05, 4.69) is 15.3 Å². The first-order valence-corrected chi connectivity index (χ1v) is 9.05. The Labute approximate surface area is 161 Å². The Balaban J connectivity index is 1.45. The van der Waals surface area contributed by atoms with E-state index < -0.39 is 0 Å². The molecule has 0 unspecified atom stereocenters. The lowest BCUT2D eigenvalue weighted by Crippen LogP contribution is -2.32. The molecule has 1 N–H and O–H groups in total. The van der Waals surface area contributed by atoms with Crippen molar-refractivity contribution in [3.05, 3.63) is 77.4 Å². The summed E-state index contributed by atoms with van der Waals surface area (Å²) in [7, 11) is 0. The van der Waals surface area contributed by atoms with E-state index in [9.17, 15) is 9.59 Å². The molecule has 0 aliphatic carbocycles. The van der Waals surface area contributed by atoms with Crippen LogP contribution in [-0.2, 0) is 24.4 Å². The average Bonchev–Trinajstić information content (AvgIpc) is 3.34. The number of aryl methyl sites for hydroxylation is 1. The minimum absolute atomic E-state index is 0.0209. The number of hydrogen-bond donors (Lipinski definition) is 1. The van der Waals surface area contributed by atoms with Crippen molar-refractivity contribution in [1.82, 2.24) is 29.0 Å². The van der Waals surface area contributed by atoms with Gasteiger partial charge in [0, 0.05) is 31.7 Å². The third-order valence-corrected chi connectivity index (χ3v) is 4.61. The molecule has 0 saturated carbocycles. The fraction of sp³-hybridized carbons (Fsp3) is 0.200. The van der Waals surface area contributed by atoms with Crippen LogP contribution in [0.3, 0.4) is 0 Å². The topological polar surface area (TPSA) is 86.7 Å². The Morgan fingerprint density at radius 3 is 2.54 bits per heavy atom. The van der Waals surface area contributed by atoms with Crippen LogP contribution < -0.4 is 11.0 Å². The summed E-state index contributed by atoms with van der Waals surface area (Å²) in [5.41, 5.74) is 2.30. The van der Waals surface area contributed by atoms with Crippen LogP contribution in [0.25, 0.3) is 16.9 Å². The number of carbonyl (C=O) groups is 1. The molecule has 4 rings (SSSR count). The zero-order chi connectivity index (χ0) is 19.5. The number of imidazole rings is 2. The van der Waals surface area contributed by atoms with Crippen molar-refractivity contribution >= 4 is 16.9 Å². The van der Waals surface area contributed by atoms with Crippen LogP contribution in [-0.4, -0.2) is 29.6 Å². The van der Waals surface area contributed by atoms with Gasteiger partial charge in [-0.25, -0.2) is 14.8 Å². The Morgan fingerprint density at radius 2 is 1.89 bits per heavy atom. The first kappa shape index (κ1) is 17.7. The molecule has 1 amide bonds.